The van der Waals surface area contributed by atoms with Crippen LogP contribution in [0.5, 0.6) is 0 Å². The number of aromatic nitrogens is 4. The first-order valence-electron chi connectivity index (χ1n) is 8.84. The van der Waals surface area contributed by atoms with Crippen molar-refractivity contribution in [2.24, 2.45) is 5.92 Å². The van der Waals surface area contributed by atoms with Crippen molar-refractivity contribution in [3.63, 3.8) is 0 Å². The number of aliphatic hydroxyl groups is 1. The molecule has 0 radical (unpaired) electrons. The molecule has 26 heavy (non-hydrogen) atoms. The first-order chi connectivity index (χ1) is 12.4. The number of nitrogens with one attached hydrogen (secondary N) is 1. The SMILES string of the molecule is OC1(C2CCCNC2)CCN(c2ccc3nnc(C(F)(F)F)n3n2)CC1. The van der Waals surface area contributed by atoms with Crippen LogP contribution in [-0.2, 0) is 6.18 Å². The van der Waals surface area contributed by atoms with E-state index < -0.39 is 17.6 Å². The summed E-state index contributed by atoms with van der Waals surface area (Å²) in [5.74, 6) is -0.466. The zero-order valence-corrected chi connectivity index (χ0v) is 14.2. The van der Waals surface area contributed by atoms with Crippen molar-refractivity contribution in [2.75, 3.05) is 31.1 Å². The van der Waals surface area contributed by atoms with Gasteiger partial charge in [0.2, 0.25) is 0 Å². The molecule has 142 valence electrons. The van der Waals surface area contributed by atoms with Crippen LogP contribution in [0, 0.1) is 5.92 Å². The number of rotatable bonds is 2. The van der Waals surface area contributed by atoms with Crippen molar-refractivity contribution >= 4 is 11.5 Å². The van der Waals surface area contributed by atoms with Crippen molar-refractivity contribution in [1.29, 1.82) is 0 Å². The molecule has 1 unspecified atom stereocenters. The minimum absolute atomic E-state index is 0.0582. The van der Waals surface area contributed by atoms with Gasteiger partial charge in [-0.05, 0) is 44.4 Å². The van der Waals surface area contributed by atoms with E-state index in [1.54, 1.807) is 6.07 Å². The number of nitrogens with zero attached hydrogens (tertiary/aromatic N) is 5. The van der Waals surface area contributed by atoms with Crippen molar-refractivity contribution in [1.82, 2.24) is 25.1 Å². The first kappa shape index (κ1) is 17.5. The Morgan fingerprint density at radius 3 is 2.62 bits per heavy atom. The Kier molecular flexibility index (Phi) is 4.26. The highest BCUT2D eigenvalue weighted by atomic mass is 19.4. The second-order valence-corrected chi connectivity index (χ2v) is 7.12. The molecule has 0 amide bonds. The highest BCUT2D eigenvalue weighted by Gasteiger charge is 2.41. The third-order valence-electron chi connectivity index (χ3n) is 5.51. The van der Waals surface area contributed by atoms with Crippen LogP contribution in [0.25, 0.3) is 5.65 Å². The molecule has 7 nitrogen and oxygen atoms in total. The van der Waals surface area contributed by atoms with E-state index in [1.807, 2.05) is 4.90 Å². The lowest BCUT2D eigenvalue weighted by Gasteiger charge is -2.44. The third-order valence-corrected chi connectivity index (χ3v) is 5.51. The van der Waals surface area contributed by atoms with Gasteiger partial charge in [0.1, 0.15) is 5.82 Å². The van der Waals surface area contributed by atoms with E-state index in [4.69, 9.17) is 0 Å². The van der Waals surface area contributed by atoms with Gasteiger partial charge in [-0.25, -0.2) is 0 Å². The second-order valence-electron chi connectivity index (χ2n) is 7.12. The third kappa shape index (κ3) is 3.11. The highest BCUT2D eigenvalue weighted by Crippen LogP contribution is 2.35. The lowest BCUT2D eigenvalue weighted by molar-refractivity contribution is -0.146. The highest BCUT2D eigenvalue weighted by molar-refractivity contribution is 5.46. The quantitative estimate of drug-likeness (QED) is 0.834. The maximum absolute atomic E-state index is 13.0. The van der Waals surface area contributed by atoms with Gasteiger partial charge in [0.25, 0.3) is 5.82 Å². The van der Waals surface area contributed by atoms with E-state index in [2.05, 4.69) is 20.6 Å². The number of halogens is 3. The summed E-state index contributed by atoms with van der Waals surface area (Å²) in [5, 5.41) is 25.1. The molecule has 4 rings (SSSR count). The lowest BCUT2D eigenvalue weighted by Crippen LogP contribution is -2.53. The predicted molar refractivity (Wildman–Crippen MR) is 87.8 cm³/mol. The van der Waals surface area contributed by atoms with E-state index in [9.17, 15) is 18.3 Å². The molecule has 2 fully saturated rings. The molecule has 4 heterocycles. The lowest BCUT2D eigenvalue weighted by atomic mass is 9.76. The molecule has 2 aliphatic heterocycles. The minimum Gasteiger partial charge on any atom is -0.389 e. The Morgan fingerprint density at radius 1 is 1.19 bits per heavy atom. The summed E-state index contributed by atoms with van der Waals surface area (Å²) in [6.07, 6.45) is -1.39. The minimum atomic E-state index is -4.61. The Morgan fingerprint density at radius 2 is 1.96 bits per heavy atom. The summed E-state index contributed by atoms with van der Waals surface area (Å²) in [7, 11) is 0. The molecule has 2 saturated heterocycles. The number of piperidine rings is 2. The van der Waals surface area contributed by atoms with Crippen LogP contribution in [0.3, 0.4) is 0 Å². The monoisotopic (exact) mass is 370 g/mol. The Bertz CT molecular complexity index is 778. The predicted octanol–water partition coefficient (Wildman–Crippen LogP) is 1.47. The smallest absolute Gasteiger partial charge is 0.389 e. The van der Waals surface area contributed by atoms with E-state index in [1.165, 1.54) is 6.07 Å². The van der Waals surface area contributed by atoms with E-state index >= 15 is 0 Å². The van der Waals surface area contributed by atoms with E-state index in [0.29, 0.717) is 31.7 Å². The van der Waals surface area contributed by atoms with Crippen LogP contribution < -0.4 is 10.2 Å². The summed E-state index contributed by atoms with van der Waals surface area (Å²) < 4.78 is 39.8. The number of anilines is 1. The average molecular weight is 370 g/mol. The van der Waals surface area contributed by atoms with Crippen LogP contribution in [0.2, 0.25) is 0 Å². The molecular weight excluding hydrogens is 349 g/mol. The number of hydrogen-bond donors (Lipinski definition) is 2. The number of alkyl halides is 3. The fourth-order valence-corrected chi connectivity index (χ4v) is 3.97. The molecule has 2 aromatic rings. The van der Waals surface area contributed by atoms with E-state index in [-0.39, 0.29) is 11.6 Å². The van der Waals surface area contributed by atoms with Crippen molar-refractivity contribution in [3.05, 3.63) is 18.0 Å². The van der Waals surface area contributed by atoms with Crippen molar-refractivity contribution in [3.8, 4) is 0 Å². The van der Waals surface area contributed by atoms with Crippen molar-refractivity contribution < 1.29 is 18.3 Å². The fraction of sp³-hybridized carbons (Fsp3) is 0.688. The van der Waals surface area contributed by atoms with Crippen LogP contribution in [0.15, 0.2) is 12.1 Å². The van der Waals surface area contributed by atoms with E-state index in [0.717, 1.165) is 30.4 Å². The van der Waals surface area contributed by atoms with Gasteiger partial charge < -0.3 is 15.3 Å². The summed E-state index contributed by atoms with van der Waals surface area (Å²) in [5.41, 5.74) is -0.662. The van der Waals surface area contributed by atoms with Crippen LogP contribution in [-0.4, -0.2) is 56.7 Å². The van der Waals surface area contributed by atoms with Gasteiger partial charge in [0, 0.05) is 25.6 Å². The summed E-state index contributed by atoms with van der Waals surface area (Å²) >= 11 is 0. The van der Waals surface area contributed by atoms with Crippen LogP contribution in [0.1, 0.15) is 31.5 Å². The summed E-state index contributed by atoms with van der Waals surface area (Å²) in [6.45, 7) is 2.91. The fourth-order valence-electron chi connectivity index (χ4n) is 3.97. The Balaban J connectivity index is 1.52. The zero-order chi connectivity index (χ0) is 18.4. The maximum Gasteiger partial charge on any atom is 0.453 e. The zero-order valence-electron chi connectivity index (χ0n) is 14.2. The molecule has 10 heteroatoms. The van der Waals surface area contributed by atoms with Crippen LogP contribution >= 0.6 is 0 Å². The molecule has 1 atom stereocenters. The average Bonchev–Trinajstić information content (AvgIpc) is 3.07. The van der Waals surface area contributed by atoms with Gasteiger partial charge in [-0.15, -0.1) is 15.3 Å². The second kappa shape index (κ2) is 6.34. The standard InChI is InChI=1S/C16H21F3N6O/c17-16(18,19)14-22-21-12-3-4-13(23-25(12)14)24-8-5-15(26,6-9-24)11-2-1-7-20-10-11/h3-4,11,20,26H,1-2,5-10H2. The molecule has 0 bridgehead atoms. The molecule has 0 spiro atoms. The van der Waals surface area contributed by atoms with Crippen LogP contribution in [0.4, 0.5) is 19.0 Å². The van der Waals surface area contributed by atoms with Gasteiger partial charge in [-0.1, -0.05) is 0 Å². The summed E-state index contributed by atoms with van der Waals surface area (Å²) in [6, 6.07) is 3.13. The molecular formula is C16H21F3N6O. The molecule has 0 saturated carbocycles. The topological polar surface area (TPSA) is 78.6 Å². The maximum atomic E-state index is 13.0. The van der Waals surface area contributed by atoms with Crippen molar-refractivity contribution in [2.45, 2.75) is 37.5 Å². The van der Waals surface area contributed by atoms with Gasteiger partial charge >= 0.3 is 6.18 Å². The largest absolute Gasteiger partial charge is 0.453 e. The first-order valence-corrected chi connectivity index (χ1v) is 8.84. The molecule has 2 N–H and O–H groups in total. The molecule has 2 aromatic heterocycles. The van der Waals surface area contributed by atoms with Gasteiger partial charge in [-0.2, -0.15) is 17.7 Å². The normalized spacial score (nSPS) is 24.2. The molecule has 0 aromatic carbocycles. The molecule has 0 aliphatic carbocycles. The van der Waals surface area contributed by atoms with Gasteiger partial charge in [0.05, 0.1) is 5.60 Å². The Labute approximate surface area is 148 Å². The Hall–Kier alpha value is -1.94. The number of hydrogen-bond acceptors (Lipinski definition) is 6. The number of fused-ring (bicyclic) bond motifs is 1. The summed E-state index contributed by atoms with van der Waals surface area (Å²) in [4.78, 5) is 1.91. The van der Waals surface area contributed by atoms with Gasteiger partial charge in [0.15, 0.2) is 5.65 Å². The molecule has 2 aliphatic rings. The van der Waals surface area contributed by atoms with Gasteiger partial charge in [-0.3, -0.25) is 0 Å².